The molecule has 10 heteroatoms. The summed E-state index contributed by atoms with van der Waals surface area (Å²) in [5.74, 6) is 0.580. The number of benzene rings is 2. The number of oxazole rings is 1. The highest BCUT2D eigenvalue weighted by molar-refractivity contribution is 8.24. The first kappa shape index (κ1) is 30.1. The zero-order valence-electron chi connectivity index (χ0n) is 24.3. The van der Waals surface area contributed by atoms with E-state index in [-0.39, 0.29) is 23.6 Å². The fourth-order valence-electron chi connectivity index (χ4n) is 5.77. The molecule has 3 aromatic rings. The molecular weight excluding hydrogens is 555 g/mol. The Morgan fingerprint density at radius 2 is 1.69 bits per heavy atom. The molecule has 0 bridgehead atoms. The number of amides is 1. The molecule has 2 heterocycles. The number of hydrogen-bond acceptors (Lipinski definition) is 7. The van der Waals surface area contributed by atoms with Crippen LogP contribution < -0.4 is 10.2 Å². The molecule has 0 unspecified atom stereocenters. The van der Waals surface area contributed by atoms with Gasteiger partial charge in [-0.15, -0.1) is 0 Å². The molecule has 1 aliphatic heterocycles. The molecule has 2 aromatic carbocycles. The molecule has 1 amide bonds. The first-order valence-corrected chi connectivity index (χ1v) is 16.4. The summed E-state index contributed by atoms with van der Waals surface area (Å²) in [5, 5.41) is 12.7. The van der Waals surface area contributed by atoms with E-state index in [4.69, 9.17) is 9.40 Å². The van der Waals surface area contributed by atoms with E-state index in [1.807, 2.05) is 45.0 Å². The lowest BCUT2D eigenvalue weighted by Gasteiger charge is -2.41. The maximum Gasteiger partial charge on any atom is 0.226 e. The summed E-state index contributed by atoms with van der Waals surface area (Å²) < 4.78 is 40.1. The summed E-state index contributed by atoms with van der Waals surface area (Å²) in [6, 6.07) is 15.5. The predicted octanol–water partition coefficient (Wildman–Crippen LogP) is 7.05. The summed E-state index contributed by atoms with van der Waals surface area (Å²) in [7, 11) is -2.49. The highest BCUT2D eigenvalue weighted by atomic mass is 32.3. The molecule has 8 nitrogen and oxygen atoms in total. The van der Waals surface area contributed by atoms with Crippen LogP contribution in [0.25, 0.3) is 22.7 Å². The molecule has 2 aliphatic rings. The van der Waals surface area contributed by atoms with E-state index in [2.05, 4.69) is 16.3 Å². The Morgan fingerprint density at radius 1 is 1.07 bits per heavy atom. The van der Waals surface area contributed by atoms with Crippen molar-refractivity contribution >= 4 is 22.2 Å². The third kappa shape index (κ3) is 6.64. The first-order chi connectivity index (χ1) is 19.9. The number of anilines is 1. The lowest BCUT2D eigenvalue weighted by molar-refractivity contribution is -0.127. The average molecular weight is 595 g/mol. The third-order valence-electron chi connectivity index (χ3n) is 8.35. The quantitative estimate of drug-likeness (QED) is 0.280. The summed E-state index contributed by atoms with van der Waals surface area (Å²) >= 11 is 0. The van der Waals surface area contributed by atoms with Crippen molar-refractivity contribution in [1.82, 2.24) is 10.3 Å². The number of rotatable bonds is 6. The second kappa shape index (κ2) is 12.1. The Kier molecular flexibility index (Phi) is 8.65. The zero-order chi connectivity index (χ0) is 30.1. The van der Waals surface area contributed by atoms with Crippen LogP contribution in [0.5, 0.6) is 0 Å². The van der Waals surface area contributed by atoms with Crippen LogP contribution in [0.1, 0.15) is 58.1 Å². The van der Waals surface area contributed by atoms with Gasteiger partial charge in [-0.3, -0.25) is 13.9 Å². The Labute approximate surface area is 248 Å². The van der Waals surface area contributed by atoms with Crippen molar-refractivity contribution in [3.8, 4) is 28.8 Å². The molecule has 0 spiro atoms. The van der Waals surface area contributed by atoms with Crippen LogP contribution in [0.3, 0.4) is 0 Å². The lowest BCUT2D eigenvalue weighted by atomic mass is 9.76. The van der Waals surface area contributed by atoms with Gasteiger partial charge in [0.25, 0.3) is 0 Å². The topological polar surface area (TPSA) is 123 Å². The zero-order valence-corrected chi connectivity index (χ0v) is 25.2. The molecular formula is C32H39FN4O4S. The maximum atomic E-state index is 13.7. The maximum absolute atomic E-state index is 13.7. The summed E-state index contributed by atoms with van der Waals surface area (Å²) in [6.45, 7) is 6.94. The smallest absolute Gasteiger partial charge is 0.226 e. The van der Waals surface area contributed by atoms with Gasteiger partial charge in [-0.25, -0.2) is 9.37 Å². The van der Waals surface area contributed by atoms with Crippen molar-refractivity contribution in [2.45, 2.75) is 58.4 Å². The second-order valence-corrected chi connectivity index (χ2v) is 14.8. The molecule has 1 aliphatic carbocycles. The molecule has 224 valence electrons. The van der Waals surface area contributed by atoms with Crippen LogP contribution in [0, 0.1) is 28.5 Å². The number of halogens is 1. The summed E-state index contributed by atoms with van der Waals surface area (Å²) in [4.78, 5) is 20.6. The molecule has 2 fully saturated rings. The van der Waals surface area contributed by atoms with Gasteiger partial charge in [0.05, 0.1) is 17.6 Å². The van der Waals surface area contributed by atoms with Gasteiger partial charge in [0, 0.05) is 41.7 Å². The Morgan fingerprint density at radius 3 is 2.31 bits per heavy atom. The monoisotopic (exact) mass is 594 g/mol. The van der Waals surface area contributed by atoms with E-state index >= 15 is 0 Å². The van der Waals surface area contributed by atoms with Crippen molar-refractivity contribution in [3.05, 3.63) is 60.1 Å². The van der Waals surface area contributed by atoms with Gasteiger partial charge in [-0.1, -0.05) is 45.7 Å². The number of carbonyl (C=O) groups excluding carboxylic acids is 1. The fourth-order valence-corrected chi connectivity index (χ4v) is 7.00. The Balaban J connectivity index is 1.49. The molecule has 5 rings (SSSR count). The minimum absolute atomic E-state index is 0.154. The Bertz CT molecular complexity index is 1430. The number of nitrogens with zero attached hydrogens (tertiary/aromatic N) is 3. The number of aromatic nitrogens is 1. The van der Waals surface area contributed by atoms with Crippen molar-refractivity contribution in [2.24, 2.45) is 11.3 Å². The van der Waals surface area contributed by atoms with Crippen molar-refractivity contribution in [3.63, 3.8) is 0 Å². The first-order valence-electron chi connectivity index (χ1n) is 14.5. The van der Waals surface area contributed by atoms with Crippen molar-refractivity contribution < 1.29 is 22.7 Å². The number of carbonyl (C=O) groups is 1. The number of nitrogens with one attached hydrogen (secondary N) is 1. The van der Waals surface area contributed by atoms with Crippen LogP contribution in [-0.2, 0) is 4.79 Å². The van der Waals surface area contributed by atoms with E-state index in [0.717, 1.165) is 30.5 Å². The predicted molar refractivity (Wildman–Crippen MR) is 164 cm³/mol. The normalized spacial score (nSPS) is 22.2. The van der Waals surface area contributed by atoms with Gasteiger partial charge in [0.1, 0.15) is 23.3 Å². The molecule has 3 atom stereocenters. The molecule has 3 N–H and O–H groups in total. The number of hydrogen-bond donors (Lipinski definition) is 3. The molecule has 42 heavy (non-hydrogen) atoms. The highest BCUT2D eigenvalue weighted by Crippen LogP contribution is 2.45. The average Bonchev–Trinajstić information content (AvgIpc) is 3.41. The van der Waals surface area contributed by atoms with E-state index in [0.29, 0.717) is 53.9 Å². The summed E-state index contributed by atoms with van der Waals surface area (Å²) in [5.41, 5.74) is 2.70. The SMILES string of the molecule is CC(C)(C)[C@@H](C#N)NC(=O)[C@@H]1CCCC[C@H]1c1oc(-c2ccc(F)cc2)nc1-c1ccc(N2CCS(O)(O)CC2)cc1. The van der Waals surface area contributed by atoms with Gasteiger partial charge < -0.3 is 14.6 Å². The minimum atomic E-state index is -2.49. The largest absolute Gasteiger partial charge is 0.440 e. The van der Waals surface area contributed by atoms with Crippen LogP contribution in [0.15, 0.2) is 52.9 Å². The van der Waals surface area contributed by atoms with Crippen molar-refractivity contribution in [1.29, 1.82) is 5.26 Å². The molecule has 1 aromatic heterocycles. The van der Waals surface area contributed by atoms with Gasteiger partial charge in [-0.2, -0.15) is 15.9 Å². The second-order valence-electron chi connectivity index (χ2n) is 12.4. The van der Waals surface area contributed by atoms with Crippen molar-refractivity contribution in [2.75, 3.05) is 29.5 Å². The molecule has 1 saturated carbocycles. The highest BCUT2D eigenvalue weighted by Gasteiger charge is 2.39. The van der Waals surface area contributed by atoms with Gasteiger partial charge in [-0.05, 0) is 54.7 Å². The van der Waals surface area contributed by atoms with E-state index in [9.17, 15) is 23.6 Å². The molecule has 1 saturated heterocycles. The van der Waals surface area contributed by atoms with Crippen LogP contribution in [0.4, 0.5) is 10.1 Å². The standard InChI is InChI=1S/C32H39FN4O4S/c1-32(2,3)27(20-34)35-30(38)26-7-5-4-6-25(26)29-28(36-31(41-29)22-8-12-23(33)13-9-22)21-10-14-24(15-11-21)37-16-18-42(39,40)19-17-37/h8-15,25-27,39-40H,4-7,16-19H2,1-3H3,(H,35,38)/t25-,26-,27-/m1/s1. The lowest BCUT2D eigenvalue weighted by Crippen LogP contribution is -2.46. The Hall–Kier alpha value is -3.39. The third-order valence-corrected chi connectivity index (χ3v) is 10.0. The van der Waals surface area contributed by atoms with Crippen LogP contribution >= 0.6 is 10.6 Å². The van der Waals surface area contributed by atoms with E-state index in [1.165, 1.54) is 12.1 Å². The van der Waals surface area contributed by atoms with Gasteiger partial charge >= 0.3 is 0 Å². The van der Waals surface area contributed by atoms with Gasteiger partial charge in [0.15, 0.2) is 0 Å². The number of nitriles is 1. The van der Waals surface area contributed by atoms with Gasteiger partial charge in [0.2, 0.25) is 11.8 Å². The fraction of sp³-hybridized carbons (Fsp3) is 0.469. The molecule has 0 radical (unpaired) electrons. The van der Waals surface area contributed by atoms with Crippen LogP contribution in [0.2, 0.25) is 0 Å². The van der Waals surface area contributed by atoms with E-state index in [1.54, 1.807) is 12.1 Å². The minimum Gasteiger partial charge on any atom is -0.440 e. The van der Waals surface area contributed by atoms with Crippen LogP contribution in [-0.4, -0.2) is 50.6 Å². The summed E-state index contributed by atoms with van der Waals surface area (Å²) in [6.07, 6.45) is 3.27. The van der Waals surface area contributed by atoms with E-state index < -0.39 is 22.0 Å².